The minimum atomic E-state index is -0.278. The van der Waals surface area contributed by atoms with E-state index in [0.29, 0.717) is 35.4 Å². The number of nitrogens with one attached hydrogen (secondary N) is 2. The number of carbonyl (C=O) groups excluding carboxylic acids is 1. The predicted octanol–water partition coefficient (Wildman–Crippen LogP) is 4.05. The van der Waals surface area contributed by atoms with Crippen molar-refractivity contribution in [2.45, 2.75) is 40.0 Å². The summed E-state index contributed by atoms with van der Waals surface area (Å²) < 4.78 is 11.0. The van der Waals surface area contributed by atoms with Crippen LogP contribution in [0.3, 0.4) is 0 Å². The Morgan fingerprint density at radius 3 is 2.80 bits per heavy atom. The van der Waals surface area contributed by atoms with E-state index < -0.39 is 0 Å². The summed E-state index contributed by atoms with van der Waals surface area (Å²) in [6.07, 6.45) is 2.85. The quantitative estimate of drug-likeness (QED) is 0.672. The van der Waals surface area contributed by atoms with Crippen LogP contribution in [0.1, 0.15) is 49.8 Å². The topological polar surface area (TPSA) is 76.2 Å². The standard InChI is InChI=1S/C19H27N3O3/c1-5-6-9-25-18-8-7-15(24-4)12-16(18)20-19(23)17-11-14(21-22-17)10-13(2)3/h7-8,11-13H,5-6,9-10H2,1-4H3,(H,20,23)(H,21,22). The van der Waals surface area contributed by atoms with E-state index in [1.54, 1.807) is 25.3 Å². The van der Waals surface area contributed by atoms with Crippen molar-refractivity contribution in [3.05, 3.63) is 35.7 Å². The lowest BCUT2D eigenvalue weighted by Crippen LogP contribution is -2.13. The highest BCUT2D eigenvalue weighted by Crippen LogP contribution is 2.30. The Hall–Kier alpha value is -2.50. The van der Waals surface area contributed by atoms with Crippen molar-refractivity contribution in [1.29, 1.82) is 0 Å². The molecule has 1 aromatic carbocycles. The average Bonchev–Trinajstić information content (AvgIpc) is 3.04. The highest BCUT2D eigenvalue weighted by molar-refractivity contribution is 6.03. The number of nitrogens with zero attached hydrogens (tertiary/aromatic N) is 1. The van der Waals surface area contributed by atoms with Crippen LogP contribution in [0.25, 0.3) is 0 Å². The van der Waals surface area contributed by atoms with Crippen molar-refractivity contribution in [3.8, 4) is 11.5 Å². The van der Waals surface area contributed by atoms with Gasteiger partial charge in [-0.25, -0.2) is 0 Å². The summed E-state index contributed by atoms with van der Waals surface area (Å²) in [6.45, 7) is 6.95. The molecule has 0 aliphatic heterocycles. The fourth-order valence-corrected chi connectivity index (χ4v) is 2.39. The van der Waals surface area contributed by atoms with Gasteiger partial charge in [-0.1, -0.05) is 27.2 Å². The molecule has 1 heterocycles. The maximum atomic E-state index is 12.5. The van der Waals surface area contributed by atoms with E-state index in [-0.39, 0.29) is 5.91 Å². The van der Waals surface area contributed by atoms with E-state index in [1.165, 1.54) is 0 Å². The lowest BCUT2D eigenvalue weighted by atomic mass is 10.1. The Morgan fingerprint density at radius 2 is 2.12 bits per heavy atom. The minimum absolute atomic E-state index is 0.278. The number of anilines is 1. The fourth-order valence-electron chi connectivity index (χ4n) is 2.39. The van der Waals surface area contributed by atoms with E-state index >= 15 is 0 Å². The van der Waals surface area contributed by atoms with Crippen molar-refractivity contribution >= 4 is 11.6 Å². The molecular weight excluding hydrogens is 318 g/mol. The molecular formula is C19H27N3O3. The van der Waals surface area contributed by atoms with Gasteiger partial charge in [-0.05, 0) is 37.0 Å². The molecule has 1 amide bonds. The molecule has 0 saturated carbocycles. The number of H-pyrrole nitrogens is 1. The zero-order valence-electron chi connectivity index (χ0n) is 15.4. The van der Waals surface area contributed by atoms with Crippen LogP contribution in [0.4, 0.5) is 5.69 Å². The van der Waals surface area contributed by atoms with Crippen LogP contribution in [0.15, 0.2) is 24.3 Å². The molecule has 1 aromatic heterocycles. The van der Waals surface area contributed by atoms with Gasteiger partial charge in [0.2, 0.25) is 0 Å². The Kier molecular flexibility index (Phi) is 6.86. The molecule has 0 saturated heterocycles. The van der Waals surface area contributed by atoms with Gasteiger partial charge >= 0.3 is 0 Å². The van der Waals surface area contributed by atoms with Gasteiger partial charge in [-0.15, -0.1) is 0 Å². The summed E-state index contributed by atoms with van der Waals surface area (Å²) in [6, 6.07) is 7.15. The molecule has 0 radical (unpaired) electrons. The molecule has 0 atom stereocenters. The molecule has 0 bridgehead atoms. The smallest absolute Gasteiger partial charge is 0.276 e. The Bertz CT molecular complexity index is 695. The number of amides is 1. The third kappa shape index (κ3) is 5.52. The van der Waals surface area contributed by atoms with Gasteiger partial charge < -0.3 is 14.8 Å². The van der Waals surface area contributed by atoms with Crippen LogP contribution >= 0.6 is 0 Å². The number of aromatic amines is 1. The summed E-state index contributed by atoms with van der Waals surface area (Å²) in [5, 5.41) is 9.89. The van der Waals surface area contributed by atoms with Crippen LogP contribution in [-0.2, 0) is 6.42 Å². The zero-order chi connectivity index (χ0) is 18.2. The highest BCUT2D eigenvalue weighted by Gasteiger charge is 2.15. The van der Waals surface area contributed by atoms with Crippen LogP contribution in [0, 0.1) is 5.92 Å². The van der Waals surface area contributed by atoms with Crippen LogP contribution in [-0.4, -0.2) is 29.8 Å². The third-order valence-electron chi connectivity index (χ3n) is 3.68. The highest BCUT2D eigenvalue weighted by atomic mass is 16.5. The molecule has 0 aliphatic carbocycles. The first-order valence-corrected chi connectivity index (χ1v) is 8.70. The summed E-state index contributed by atoms with van der Waals surface area (Å²) in [4.78, 5) is 12.5. The molecule has 25 heavy (non-hydrogen) atoms. The van der Waals surface area contributed by atoms with Gasteiger partial charge in [0.25, 0.3) is 5.91 Å². The van der Waals surface area contributed by atoms with Gasteiger partial charge in [0.05, 0.1) is 19.4 Å². The summed E-state index contributed by atoms with van der Waals surface area (Å²) >= 11 is 0. The molecule has 6 heteroatoms. The molecule has 0 aliphatic rings. The first-order valence-electron chi connectivity index (χ1n) is 8.70. The monoisotopic (exact) mass is 345 g/mol. The first kappa shape index (κ1) is 18.8. The Morgan fingerprint density at radius 1 is 1.32 bits per heavy atom. The van der Waals surface area contributed by atoms with E-state index in [4.69, 9.17) is 9.47 Å². The fraction of sp³-hybridized carbons (Fsp3) is 0.474. The third-order valence-corrected chi connectivity index (χ3v) is 3.68. The Labute approximate surface area is 148 Å². The molecule has 2 rings (SSSR count). The van der Waals surface area contributed by atoms with Crippen molar-refractivity contribution in [1.82, 2.24) is 10.2 Å². The maximum Gasteiger partial charge on any atom is 0.276 e. The van der Waals surface area contributed by atoms with Crippen molar-refractivity contribution in [2.75, 3.05) is 19.0 Å². The van der Waals surface area contributed by atoms with Crippen LogP contribution in [0.5, 0.6) is 11.5 Å². The predicted molar refractivity (Wildman–Crippen MR) is 98.5 cm³/mol. The van der Waals surface area contributed by atoms with E-state index in [2.05, 4.69) is 36.3 Å². The van der Waals surface area contributed by atoms with Crippen LogP contribution < -0.4 is 14.8 Å². The van der Waals surface area contributed by atoms with Gasteiger partial charge in [0, 0.05) is 11.8 Å². The van der Waals surface area contributed by atoms with Gasteiger partial charge in [0.15, 0.2) is 5.69 Å². The largest absolute Gasteiger partial charge is 0.497 e. The van der Waals surface area contributed by atoms with Crippen molar-refractivity contribution in [2.24, 2.45) is 5.92 Å². The number of carbonyl (C=O) groups is 1. The molecule has 136 valence electrons. The lowest BCUT2D eigenvalue weighted by molar-refractivity contribution is 0.102. The van der Waals surface area contributed by atoms with Crippen LogP contribution in [0.2, 0.25) is 0 Å². The number of hydrogen-bond donors (Lipinski definition) is 2. The molecule has 2 N–H and O–H groups in total. The van der Waals surface area contributed by atoms with E-state index in [0.717, 1.165) is 25.0 Å². The van der Waals surface area contributed by atoms with Gasteiger partial charge in [0.1, 0.15) is 11.5 Å². The first-order chi connectivity index (χ1) is 12.0. The Balaban J connectivity index is 2.13. The van der Waals surface area contributed by atoms with E-state index in [1.807, 2.05) is 6.07 Å². The number of ether oxygens (including phenoxy) is 2. The lowest BCUT2D eigenvalue weighted by Gasteiger charge is -2.13. The molecule has 2 aromatic rings. The van der Waals surface area contributed by atoms with Gasteiger partial charge in [-0.2, -0.15) is 5.10 Å². The summed E-state index contributed by atoms with van der Waals surface area (Å²) in [7, 11) is 1.59. The number of hydrogen-bond acceptors (Lipinski definition) is 4. The minimum Gasteiger partial charge on any atom is -0.497 e. The maximum absolute atomic E-state index is 12.5. The molecule has 0 unspecified atom stereocenters. The average molecular weight is 345 g/mol. The number of unbranched alkanes of at least 4 members (excludes halogenated alkanes) is 1. The zero-order valence-corrected chi connectivity index (χ0v) is 15.4. The van der Waals surface area contributed by atoms with Gasteiger partial charge in [-0.3, -0.25) is 9.89 Å². The summed E-state index contributed by atoms with van der Waals surface area (Å²) in [5.74, 6) is 1.49. The van der Waals surface area contributed by atoms with E-state index in [9.17, 15) is 4.79 Å². The second kappa shape index (κ2) is 9.11. The molecule has 0 fully saturated rings. The van der Waals surface area contributed by atoms with Crippen molar-refractivity contribution < 1.29 is 14.3 Å². The number of aromatic nitrogens is 2. The second-order valence-corrected chi connectivity index (χ2v) is 6.39. The number of methoxy groups -OCH3 is 1. The molecule has 6 nitrogen and oxygen atoms in total. The number of rotatable bonds is 9. The number of benzene rings is 1. The summed E-state index contributed by atoms with van der Waals surface area (Å²) in [5.41, 5.74) is 1.89. The molecule has 0 spiro atoms. The van der Waals surface area contributed by atoms with Crippen molar-refractivity contribution in [3.63, 3.8) is 0 Å². The second-order valence-electron chi connectivity index (χ2n) is 6.39. The SMILES string of the molecule is CCCCOc1ccc(OC)cc1NC(=O)c1cc(CC(C)C)[nH]n1. The normalized spacial score (nSPS) is 10.8.